The lowest BCUT2D eigenvalue weighted by Gasteiger charge is -2.57. The van der Waals surface area contributed by atoms with Crippen molar-refractivity contribution in [3.05, 3.63) is 63.1 Å². The van der Waals surface area contributed by atoms with Gasteiger partial charge >= 0.3 is 6.03 Å². The maximum atomic E-state index is 13.4. The number of terminal acetylenes is 1. The van der Waals surface area contributed by atoms with Crippen LogP contribution in [0.25, 0.3) is 6.08 Å². The molecule has 5 aliphatic rings. The maximum Gasteiger partial charge on any atom is 0.335 e. The molecule has 6 nitrogen and oxygen atoms in total. The Hall–Kier alpha value is -3.27. The summed E-state index contributed by atoms with van der Waals surface area (Å²) >= 11 is 12.6. The minimum atomic E-state index is -0.790. The number of nitrogens with one attached hydrogen (secondary N) is 1. The summed E-state index contributed by atoms with van der Waals surface area (Å²) in [5.41, 5.74) is 2.09. The molecule has 0 aromatic heterocycles. The Kier molecular flexibility index (Phi) is 6.25. The van der Waals surface area contributed by atoms with Gasteiger partial charge in [-0.2, -0.15) is 0 Å². The molecule has 4 aliphatic carbocycles. The van der Waals surface area contributed by atoms with Crippen molar-refractivity contribution in [3.63, 3.8) is 0 Å². The van der Waals surface area contributed by atoms with Gasteiger partial charge in [-0.3, -0.25) is 14.9 Å². The van der Waals surface area contributed by atoms with E-state index in [0.29, 0.717) is 11.3 Å². The van der Waals surface area contributed by atoms with E-state index in [4.69, 9.17) is 34.4 Å². The summed E-state index contributed by atoms with van der Waals surface area (Å²) in [6.45, 7) is -0.0144. The zero-order chi connectivity index (χ0) is 26.6. The fraction of sp³-hybridized carbons (Fsp3) is 0.367. The van der Waals surface area contributed by atoms with E-state index in [1.54, 1.807) is 0 Å². The normalized spacial score (nSPS) is 29.0. The Morgan fingerprint density at radius 3 is 2.13 bits per heavy atom. The van der Waals surface area contributed by atoms with Crippen LogP contribution >= 0.6 is 23.2 Å². The third-order valence-corrected chi connectivity index (χ3v) is 9.07. The maximum absolute atomic E-state index is 13.4. The van der Waals surface area contributed by atoms with Crippen LogP contribution in [-0.2, 0) is 15.0 Å². The van der Waals surface area contributed by atoms with E-state index in [1.807, 2.05) is 12.1 Å². The standard InChI is InChI=1S/C30H26Cl2N2O4/c1-2-7-38-26-24(31)12-17(13-25(26)32)11-23-27(35)33-29(37)34(28(23)36)22-5-3-21(4-6-22)30-14-18-8-19(15-30)10-20(9-18)16-30/h1,3-6,11-13,18-20H,7-10,14-16H2,(H,33,35,37)/b23-11+. The smallest absolute Gasteiger partial charge is 0.335 e. The summed E-state index contributed by atoms with van der Waals surface area (Å²) in [7, 11) is 0. The van der Waals surface area contributed by atoms with Gasteiger partial charge in [0.15, 0.2) is 5.75 Å². The second kappa shape index (κ2) is 9.48. The number of imide groups is 2. The number of rotatable bonds is 5. The van der Waals surface area contributed by atoms with Crippen molar-refractivity contribution in [2.24, 2.45) is 17.8 Å². The number of urea groups is 1. The minimum Gasteiger partial charge on any atom is -0.478 e. The number of hydrogen-bond acceptors (Lipinski definition) is 4. The quantitative estimate of drug-likeness (QED) is 0.276. The van der Waals surface area contributed by atoms with Crippen LogP contribution in [0.2, 0.25) is 10.0 Å². The fourth-order valence-corrected chi connectivity index (χ4v) is 8.01. The molecular weight excluding hydrogens is 523 g/mol. The van der Waals surface area contributed by atoms with Gasteiger partial charge in [0.05, 0.1) is 15.7 Å². The van der Waals surface area contributed by atoms with Crippen LogP contribution < -0.4 is 15.0 Å². The van der Waals surface area contributed by atoms with Crippen LogP contribution in [0, 0.1) is 30.1 Å². The van der Waals surface area contributed by atoms with Crippen LogP contribution in [0.4, 0.5) is 10.5 Å². The van der Waals surface area contributed by atoms with Gasteiger partial charge in [-0.1, -0.05) is 41.3 Å². The number of benzene rings is 2. The van der Waals surface area contributed by atoms with Gasteiger partial charge in [0.25, 0.3) is 11.8 Å². The second-order valence-corrected chi connectivity index (χ2v) is 11.8. The number of anilines is 1. The van der Waals surface area contributed by atoms with E-state index in [9.17, 15) is 14.4 Å². The molecule has 1 saturated heterocycles. The number of carbonyl (C=O) groups is 3. The lowest BCUT2D eigenvalue weighted by molar-refractivity contribution is -0.122. The Balaban J connectivity index is 1.27. The van der Waals surface area contributed by atoms with E-state index < -0.39 is 17.8 Å². The zero-order valence-corrected chi connectivity index (χ0v) is 22.1. The fourth-order valence-electron chi connectivity index (χ4n) is 7.40. The van der Waals surface area contributed by atoms with E-state index in [2.05, 4.69) is 23.4 Å². The largest absolute Gasteiger partial charge is 0.478 e. The number of nitrogens with zero attached hydrogens (tertiary/aromatic N) is 1. The highest BCUT2D eigenvalue weighted by Gasteiger charge is 2.51. The molecule has 4 amide bonds. The van der Waals surface area contributed by atoms with E-state index in [1.165, 1.54) is 62.3 Å². The predicted molar refractivity (Wildman–Crippen MR) is 146 cm³/mol. The van der Waals surface area contributed by atoms with Gasteiger partial charge in [-0.15, -0.1) is 6.42 Å². The lowest BCUT2D eigenvalue weighted by Crippen LogP contribution is -2.54. The van der Waals surface area contributed by atoms with Gasteiger partial charge in [-0.25, -0.2) is 9.69 Å². The number of barbiturate groups is 1. The average molecular weight is 549 g/mol. The molecule has 2 aromatic rings. The highest BCUT2D eigenvalue weighted by atomic mass is 35.5. The molecule has 4 bridgehead atoms. The summed E-state index contributed by atoms with van der Waals surface area (Å²) in [4.78, 5) is 39.8. The number of amides is 4. The first-order valence-electron chi connectivity index (χ1n) is 12.8. The van der Waals surface area contributed by atoms with Crippen molar-refractivity contribution in [1.29, 1.82) is 0 Å². The molecule has 0 unspecified atom stereocenters. The second-order valence-electron chi connectivity index (χ2n) is 11.0. The molecule has 194 valence electrons. The monoisotopic (exact) mass is 548 g/mol. The number of ether oxygens (including phenoxy) is 1. The summed E-state index contributed by atoms with van der Waals surface area (Å²) in [6.07, 6.45) is 14.3. The van der Waals surface area contributed by atoms with Crippen LogP contribution in [0.3, 0.4) is 0 Å². The van der Waals surface area contributed by atoms with Crippen molar-refractivity contribution in [2.75, 3.05) is 11.5 Å². The highest BCUT2D eigenvalue weighted by molar-refractivity contribution is 6.40. The van der Waals surface area contributed by atoms with E-state index >= 15 is 0 Å². The molecule has 0 atom stereocenters. The molecule has 4 saturated carbocycles. The van der Waals surface area contributed by atoms with Gasteiger partial charge in [-0.05, 0) is 103 Å². The van der Waals surface area contributed by atoms with Crippen LogP contribution in [-0.4, -0.2) is 24.5 Å². The SMILES string of the molecule is C#CCOc1c(Cl)cc(/C=C2\C(=O)NC(=O)N(c3ccc(C45CC6CC(CC(C6)C4)C5)cc3)C2=O)cc1Cl. The lowest BCUT2D eigenvalue weighted by atomic mass is 9.48. The molecule has 7 rings (SSSR count). The van der Waals surface area contributed by atoms with Crippen LogP contribution in [0.5, 0.6) is 5.75 Å². The summed E-state index contributed by atoms with van der Waals surface area (Å²) < 4.78 is 5.36. The van der Waals surface area contributed by atoms with Gasteiger partial charge in [0, 0.05) is 0 Å². The van der Waals surface area contributed by atoms with Gasteiger partial charge in [0.2, 0.25) is 0 Å². The molecule has 1 N–H and O–H groups in total. The number of hydrogen-bond donors (Lipinski definition) is 1. The first-order valence-corrected chi connectivity index (χ1v) is 13.6. The third-order valence-electron chi connectivity index (χ3n) is 8.51. The minimum absolute atomic E-state index is 0.0144. The molecule has 5 fully saturated rings. The first kappa shape index (κ1) is 25.0. The molecule has 38 heavy (non-hydrogen) atoms. The predicted octanol–water partition coefficient (Wildman–Crippen LogP) is 6.14. The summed E-state index contributed by atoms with van der Waals surface area (Å²) in [6, 6.07) is 9.96. The van der Waals surface area contributed by atoms with Crippen molar-refractivity contribution in [1.82, 2.24) is 5.32 Å². The van der Waals surface area contributed by atoms with Crippen LogP contribution in [0.1, 0.15) is 49.7 Å². The van der Waals surface area contributed by atoms with Crippen molar-refractivity contribution in [2.45, 2.75) is 43.9 Å². The Labute approximate surface area is 231 Å². The van der Waals surface area contributed by atoms with Gasteiger partial charge < -0.3 is 4.74 Å². The molecule has 8 heteroatoms. The summed E-state index contributed by atoms with van der Waals surface area (Å²) in [5, 5.41) is 2.62. The first-order chi connectivity index (χ1) is 18.3. The molecule has 0 radical (unpaired) electrons. The van der Waals surface area contributed by atoms with E-state index in [0.717, 1.165) is 22.7 Å². The Morgan fingerprint density at radius 1 is 1.00 bits per heavy atom. The van der Waals surface area contributed by atoms with Crippen molar-refractivity contribution in [3.8, 4) is 18.1 Å². The van der Waals surface area contributed by atoms with E-state index in [-0.39, 0.29) is 33.4 Å². The topological polar surface area (TPSA) is 75.7 Å². The highest BCUT2D eigenvalue weighted by Crippen LogP contribution is 2.60. The number of carbonyl (C=O) groups excluding carboxylic acids is 3. The molecule has 2 aromatic carbocycles. The third kappa shape index (κ3) is 4.28. The molecule has 1 heterocycles. The summed E-state index contributed by atoms with van der Waals surface area (Å²) in [5.74, 6) is 3.48. The van der Waals surface area contributed by atoms with Crippen LogP contribution in [0.15, 0.2) is 42.0 Å². The average Bonchev–Trinajstić information content (AvgIpc) is 2.85. The Bertz CT molecular complexity index is 1360. The molecular formula is C30H26Cl2N2O4. The molecule has 1 aliphatic heterocycles. The van der Waals surface area contributed by atoms with Crippen molar-refractivity contribution < 1.29 is 19.1 Å². The zero-order valence-electron chi connectivity index (χ0n) is 20.6. The Morgan fingerprint density at radius 2 is 1.58 bits per heavy atom. The van der Waals surface area contributed by atoms with Gasteiger partial charge in [0.1, 0.15) is 12.2 Å². The van der Waals surface area contributed by atoms with Crippen molar-refractivity contribution >= 4 is 52.8 Å². The molecule has 0 spiro atoms. The number of halogens is 2.